The van der Waals surface area contributed by atoms with Crippen LogP contribution in [0.2, 0.25) is 5.02 Å². The van der Waals surface area contributed by atoms with Crippen molar-refractivity contribution in [3.63, 3.8) is 0 Å². The number of aromatic nitrogens is 2. The molecule has 0 fully saturated rings. The molecule has 0 atom stereocenters. The zero-order chi connectivity index (χ0) is 20.5. The van der Waals surface area contributed by atoms with Gasteiger partial charge in [0.05, 0.1) is 21.6 Å². The van der Waals surface area contributed by atoms with Crippen LogP contribution in [0.1, 0.15) is 11.1 Å². The highest BCUT2D eigenvalue weighted by Crippen LogP contribution is 2.20. The van der Waals surface area contributed by atoms with Crippen molar-refractivity contribution < 1.29 is 4.39 Å². The van der Waals surface area contributed by atoms with E-state index in [1.807, 2.05) is 30.3 Å². The number of nitrogens with zero attached hydrogens (tertiary/aromatic N) is 2. The molecule has 6 heteroatoms. The third kappa shape index (κ3) is 3.46. The van der Waals surface area contributed by atoms with Crippen molar-refractivity contribution in [1.82, 2.24) is 9.13 Å². The van der Waals surface area contributed by atoms with E-state index in [9.17, 15) is 14.0 Å². The Kier molecular flexibility index (Phi) is 4.79. The van der Waals surface area contributed by atoms with E-state index < -0.39 is 17.1 Å². The lowest BCUT2D eigenvalue weighted by atomic mass is 10.1. The van der Waals surface area contributed by atoms with E-state index in [1.165, 1.54) is 23.7 Å². The van der Waals surface area contributed by atoms with Crippen LogP contribution in [0.15, 0.2) is 76.3 Å². The van der Waals surface area contributed by atoms with Gasteiger partial charge in [0.15, 0.2) is 0 Å². The smallest absolute Gasteiger partial charge is 0.296 e. The minimum atomic E-state index is -0.632. The summed E-state index contributed by atoms with van der Waals surface area (Å²) in [5.74, 6) is 5.47. The number of rotatable bonds is 1. The quantitative estimate of drug-likeness (QED) is 0.452. The molecule has 4 aromatic rings. The predicted octanol–water partition coefficient (Wildman–Crippen LogP) is 3.88. The average Bonchev–Trinajstić information content (AvgIpc) is 2.73. The Morgan fingerprint density at radius 2 is 1.62 bits per heavy atom. The van der Waals surface area contributed by atoms with Crippen LogP contribution in [0, 0.1) is 17.7 Å². The maximum absolute atomic E-state index is 13.7. The van der Waals surface area contributed by atoms with Crippen molar-refractivity contribution in [3.05, 3.63) is 110 Å². The van der Waals surface area contributed by atoms with E-state index in [2.05, 4.69) is 11.8 Å². The molecule has 0 bridgehead atoms. The fourth-order valence-corrected chi connectivity index (χ4v) is 3.34. The monoisotopic (exact) mass is 404 g/mol. The molecule has 3 aromatic carbocycles. The SMILES string of the molecule is Cn1c(=O)n(-c2ccc(C#Cc3ccccc3)cc2Cl)c(=O)c2cc(F)ccc21. The second-order valence-corrected chi connectivity index (χ2v) is 6.83. The first-order valence-corrected chi connectivity index (χ1v) is 9.12. The summed E-state index contributed by atoms with van der Waals surface area (Å²) in [4.78, 5) is 25.7. The van der Waals surface area contributed by atoms with Gasteiger partial charge in [0, 0.05) is 18.2 Å². The molecule has 0 unspecified atom stereocenters. The van der Waals surface area contributed by atoms with Gasteiger partial charge in [0.1, 0.15) is 5.82 Å². The first kappa shape index (κ1) is 18.7. The van der Waals surface area contributed by atoms with Crippen molar-refractivity contribution in [2.24, 2.45) is 7.05 Å². The molecule has 0 spiro atoms. The molecule has 1 aromatic heterocycles. The zero-order valence-electron chi connectivity index (χ0n) is 15.3. The molecular weight excluding hydrogens is 391 g/mol. The lowest BCUT2D eigenvalue weighted by Gasteiger charge is -2.12. The number of fused-ring (bicyclic) bond motifs is 1. The number of halogens is 2. The molecule has 29 heavy (non-hydrogen) atoms. The summed E-state index contributed by atoms with van der Waals surface area (Å²) >= 11 is 6.37. The molecule has 0 N–H and O–H groups in total. The molecule has 0 aliphatic rings. The van der Waals surface area contributed by atoms with Crippen LogP contribution in [0.3, 0.4) is 0 Å². The molecule has 4 nitrogen and oxygen atoms in total. The van der Waals surface area contributed by atoms with Crippen LogP contribution in [0.25, 0.3) is 16.6 Å². The van der Waals surface area contributed by atoms with E-state index in [4.69, 9.17) is 11.6 Å². The van der Waals surface area contributed by atoms with Gasteiger partial charge in [-0.1, -0.05) is 41.6 Å². The van der Waals surface area contributed by atoms with Gasteiger partial charge >= 0.3 is 5.69 Å². The molecule has 0 saturated carbocycles. The van der Waals surface area contributed by atoms with Crippen molar-refractivity contribution in [1.29, 1.82) is 0 Å². The molecule has 1 heterocycles. The molecule has 0 aliphatic heterocycles. The molecular formula is C23H14ClFN2O2. The van der Waals surface area contributed by atoms with Crippen LogP contribution in [-0.2, 0) is 7.05 Å². The van der Waals surface area contributed by atoms with Crippen LogP contribution >= 0.6 is 11.6 Å². The van der Waals surface area contributed by atoms with E-state index >= 15 is 0 Å². The number of benzene rings is 3. The van der Waals surface area contributed by atoms with Gasteiger partial charge in [-0.25, -0.2) is 13.8 Å². The summed E-state index contributed by atoms with van der Waals surface area (Å²) in [6, 6.07) is 18.0. The molecule has 0 saturated heterocycles. The number of hydrogen-bond donors (Lipinski definition) is 0. The molecule has 0 amide bonds. The standard InChI is InChI=1S/C23H14ClFN2O2/c1-26-20-12-10-17(25)14-18(20)22(28)27(23(26)29)21-11-9-16(13-19(21)24)8-7-15-5-3-2-4-6-15/h2-6,9-14H,1H3. The summed E-state index contributed by atoms with van der Waals surface area (Å²) in [6.07, 6.45) is 0. The summed E-state index contributed by atoms with van der Waals surface area (Å²) in [6.45, 7) is 0. The summed E-state index contributed by atoms with van der Waals surface area (Å²) in [5, 5.41) is 0.288. The largest absolute Gasteiger partial charge is 0.335 e. The van der Waals surface area contributed by atoms with Gasteiger partial charge in [0.2, 0.25) is 0 Å². The maximum atomic E-state index is 13.7. The first-order valence-electron chi connectivity index (χ1n) is 8.74. The van der Waals surface area contributed by atoms with Gasteiger partial charge in [-0.2, -0.15) is 0 Å². The van der Waals surface area contributed by atoms with Crippen LogP contribution in [0.5, 0.6) is 0 Å². The van der Waals surface area contributed by atoms with E-state index in [0.717, 1.165) is 16.2 Å². The number of aryl methyl sites for hydroxylation is 1. The summed E-state index contributed by atoms with van der Waals surface area (Å²) in [7, 11) is 1.52. The molecule has 4 rings (SSSR count). The molecule has 142 valence electrons. The third-order valence-corrected chi connectivity index (χ3v) is 4.85. The van der Waals surface area contributed by atoms with Crippen molar-refractivity contribution in [2.75, 3.05) is 0 Å². The van der Waals surface area contributed by atoms with Gasteiger partial charge < -0.3 is 0 Å². The minimum Gasteiger partial charge on any atom is -0.296 e. The Balaban J connectivity index is 1.86. The lowest BCUT2D eigenvalue weighted by molar-refractivity contribution is 0.628. The van der Waals surface area contributed by atoms with E-state index in [-0.39, 0.29) is 16.1 Å². The van der Waals surface area contributed by atoms with Crippen molar-refractivity contribution in [3.8, 4) is 17.5 Å². The number of hydrogen-bond acceptors (Lipinski definition) is 2. The van der Waals surface area contributed by atoms with E-state index in [1.54, 1.807) is 18.2 Å². The fourth-order valence-electron chi connectivity index (χ4n) is 3.08. The summed E-state index contributed by atoms with van der Waals surface area (Å²) < 4.78 is 15.9. The zero-order valence-corrected chi connectivity index (χ0v) is 16.1. The Labute approximate surface area is 170 Å². The normalized spacial score (nSPS) is 10.6. The van der Waals surface area contributed by atoms with Crippen LogP contribution in [0.4, 0.5) is 4.39 Å². The van der Waals surface area contributed by atoms with E-state index in [0.29, 0.717) is 11.1 Å². The fraction of sp³-hybridized carbons (Fsp3) is 0.0435. The Morgan fingerprint density at radius 3 is 2.34 bits per heavy atom. The Morgan fingerprint density at radius 1 is 0.897 bits per heavy atom. The van der Waals surface area contributed by atoms with Gasteiger partial charge in [-0.3, -0.25) is 9.36 Å². The predicted molar refractivity (Wildman–Crippen MR) is 112 cm³/mol. The Bertz CT molecular complexity index is 1430. The topological polar surface area (TPSA) is 44.0 Å². The van der Waals surface area contributed by atoms with Gasteiger partial charge in [-0.15, -0.1) is 0 Å². The second-order valence-electron chi connectivity index (χ2n) is 6.43. The highest BCUT2D eigenvalue weighted by Gasteiger charge is 2.15. The summed E-state index contributed by atoms with van der Waals surface area (Å²) in [5.41, 5.74) is 0.855. The van der Waals surface area contributed by atoms with Gasteiger partial charge in [-0.05, 0) is 48.5 Å². The van der Waals surface area contributed by atoms with Crippen molar-refractivity contribution >= 4 is 22.5 Å². The first-order chi connectivity index (χ1) is 14.0. The molecule has 0 radical (unpaired) electrons. The lowest BCUT2D eigenvalue weighted by Crippen LogP contribution is -2.38. The third-order valence-electron chi connectivity index (χ3n) is 4.55. The highest BCUT2D eigenvalue weighted by atomic mass is 35.5. The van der Waals surface area contributed by atoms with Crippen LogP contribution in [-0.4, -0.2) is 9.13 Å². The maximum Gasteiger partial charge on any atom is 0.335 e. The van der Waals surface area contributed by atoms with Gasteiger partial charge in [0.25, 0.3) is 5.56 Å². The average molecular weight is 405 g/mol. The second kappa shape index (κ2) is 7.42. The highest BCUT2D eigenvalue weighted by molar-refractivity contribution is 6.32. The van der Waals surface area contributed by atoms with Crippen molar-refractivity contribution in [2.45, 2.75) is 0 Å². The molecule has 0 aliphatic carbocycles. The Hall–Kier alpha value is -3.62. The minimum absolute atomic E-state index is 0.0936. The van der Waals surface area contributed by atoms with Crippen LogP contribution < -0.4 is 11.2 Å².